The number of carbonyl (C=O) groups is 1. The van der Waals surface area contributed by atoms with Gasteiger partial charge in [-0.2, -0.15) is 5.10 Å². The van der Waals surface area contributed by atoms with Crippen molar-refractivity contribution in [2.45, 2.75) is 12.8 Å². The van der Waals surface area contributed by atoms with Gasteiger partial charge < -0.3 is 10.1 Å². The molecule has 0 saturated carbocycles. The molecule has 0 atom stereocenters. The van der Waals surface area contributed by atoms with E-state index >= 15 is 0 Å². The Balaban J connectivity index is 1.77. The Morgan fingerprint density at radius 1 is 1.47 bits per heavy atom. The summed E-state index contributed by atoms with van der Waals surface area (Å²) in [6.07, 6.45) is 2.44. The lowest BCUT2D eigenvalue weighted by Crippen LogP contribution is -2.27. The fourth-order valence-corrected chi connectivity index (χ4v) is 1.70. The normalized spacial score (nSPS) is 10.2. The number of nitrogens with zero attached hydrogens (tertiary/aromatic N) is 2. The van der Waals surface area contributed by atoms with E-state index in [1.807, 2.05) is 24.3 Å². The monoisotopic (exact) mass is 260 g/mol. The summed E-state index contributed by atoms with van der Waals surface area (Å²) >= 11 is 0. The zero-order valence-corrected chi connectivity index (χ0v) is 10.7. The second kappa shape index (κ2) is 6.53. The SMILES string of the molecule is COc1cccc(CC(=O)NCCc2ncn[nH]2)c1. The number of hydrogen-bond donors (Lipinski definition) is 2. The van der Waals surface area contributed by atoms with Gasteiger partial charge in [-0.1, -0.05) is 12.1 Å². The summed E-state index contributed by atoms with van der Waals surface area (Å²) in [6.45, 7) is 0.540. The number of H-pyrrole nitrogens is 1. The Morgan fingerprint density at radius 3 is 3.11 bits per heavy atom. The van der Waals surface area contributed by atoms with Crippen LogP contribution >= 0.6 is 0 Å². The lowest BCUT2D eigenvalue weighted by molar-refractivity contribution is -0.120. The molecule has 0 aliphatic carbocycles. The van der Waals surface area contributed by atoms with Crippen molar-refractivity contribution >= 4 is 5.91 Å². The number of carbonyl (C=O) groups excluding carboxylic acids is 1. The summed E-state index contributed by atoms with van der Waals surface area (Å²) < 4.78 is 5.12. The minimum Gasteiger partial charge on any atom is -0.497 e. The number of hydrogen-bond acceptors (Lipinski definition) is 4. The molecule has 0 aliphatic rings. The van der Waals surface area contributed by atoms with Gasteiger partial charge in [0.15, 0.2) is 0 Å². The molecule has 1 amide bonds. The summed E-state index contributed by atoms with van der Waals surface area (Å²) in [5.41, 5.74) is 0.927. The maximum absolute atomic E-state index is 11.7. The Labute approximate surface area is 111 Å². The summed E-state index contributed by atoms with van der Waals surface area (Å²) in [5.74, 6) is 1.50. The number of benzene rings is 1. The largest absolute Gasteiger partial charge is 0.497 e. The number of nitrogens with one attached hydrogen (secondary N) is 2. The molecule has 1 aromatic heterocycles. The van der Waals surface area contributed by atoms with Crippen molar-refractivity contribution in [3.8, 4) is 5.75 Å². The number of aromatic amines is 1. The van der Waals surface area contributed by atoms with E-state index in [1.54, 1.807) is 7.11 Å². The van der Waals surface area contributed by atoms with E-state index in [0.717, 1.165) is 17.1 Å². The standard InChI is InChI=1S/C13H16N4O2/c1-19-11-4-2-3-10(7-11)8-13(18)14-6-5-12-15-9-16-17-12/h2-4,7,9H,5-6,8H2,1H3,(H,14,18)(H,15,16,17). The summed E-state index contributed by atoms with van der Waals surface area (Å²) in [6, 6.07) is 7.48. The van der Waals surface area contributed by atoms with E-state index in [9.17, 15) is 4.79 Å². The smallest absolute Gasteiger partial charge is 0.224 e. The maximum atomic E-state index is 11.7. The molecule has 0 unspecified atom stereocenters. The van der Waals surface area contributed by atoms with Gasteiger partial charge in [-0.3, -0.25) is 9.89 Å². The molecule has 0 saturated heterocycles. The van der Waals surface area contributed by atoms with Crippen LogP contribution in [0.1, 0.15) is 11.4 Å². The van der Waals surface area contributed by atoms with Crippen molar-refractivity contribution in [2.75, 3.05) is 13.7 Å². The van der Waals surface area contributed by atoms with Crippen LogP contribution in [0.3, 0.4) is 0 Å². The van der Waals surface area contributed by atoms with E-state index < -0.39 is 0 Å². The molecule has 2 rings (SSSR count). The highest BCUT2D eigenvalue weighted by Gasteiger charge is 2.04. The van der Waals surface area contributed by atoms with Crippen LogP contribution in [0.25, 0.3) is 0 Å². The van der Waals surface area contributed by atoms with Crippen LogP contribution in [0.5, 0.6) is 5.75 Å². The minimum absolute atomic E-state index is 0.0206. The van der Waals surface area contributed by atoms with Gasteiger partial charge in [-0.05, 0) is 17.7 Å². The molecular formula is C13H16N4O2. The van der Waals surface area contributed by atoms with E-state index in [-0.39, 0.29) is 5.91 Å². The highest BCUT2D eigenvalue weighted by atomic mass is 16.5. The number of rotatable bonds is 6. The molecule has 2 N–H and O–H groups in total. The second-order valence-electron chi connectivity index (χ2n) is 4.06. The first kappa shape index (κ1) is 13.1. The molecule has 0 aliphatic heterocycles. The molecule has 100 valence electrons. The maximum Gasteiger partial charge on any atom is 0.224 e. The van der Waals surface area contributed by atoms with Crippen molar-refractivity contribution in [1.29, 1.82) is 0 Å². The lowest BCUT2D eigenvalue weighted by Gasteiger charge is -2.05. The average molecular weight is 260 g/mol. The third kappa shape index (κ3) is 4.09. The average Bonchev–Trinajstić information content (AvgIpc) is 2.92. The molecule has 0 bridgehead atoms. The molecule has 6 nitrogen and oxygen atoms in total. The zero-order valence-electron chi connectivity index (χ0n) is 10.7. The number of amides is 1. The summed E-state index contributed by atoms with van der Waals surface area (Å²) in [5, 5.41) is 9.33. The molecule has 1 aromatic carbocycles. The van der Waals surface area contributed by atoms with Crippen LogP contribution in [0, 0.1) is 0 Å². The van der Waals surface area contributed by atoms with Gasteiger partial charge in [0.1, 0.15) is 17.9 Å². The van der Waals surface area contributed by atoms with Gasteiger partial charge in [0, 0.05) is 13.0 Å². The first-order valence-corrected chi connectivity index (χ1v) is 6.02. The lowest BCUT2D eigenvalue weighted by atomic mass is 10.1. The van der Waals surface area contributed by atoms with Crippen LogP contribution in [0.4, 0.5) is 0 Å². The van der Waals surface area contributed by atoms with Crippen molar-refractivity contribution in [3.63, 3.8) is 0 Å². The summed E-state index contributed by atoms with van der Waals surface area (Å²) in [4.78, 5) is 15.7. The third-order valence-electron chi connectivity index (χ3n) is 2.65. The number of methoxy groups -OCH3 is 1. The van der Waals surface area contributed by atoms with Crippen molar-refractivity contribution in [1.82, 2.24) is 20.5 Å². The predicted octanol–water partition coefficient (Wildman–Crippen LogP) is 0.715. The molecule has 0 fully saturated rings. The Kier molecular flexibility index (Phi) is 4.49. The summed E-state index contributed by atoms with van der Waals surface area (Å²) in [7, 11) is 1.61. The molecular weight excluding hydrogens is 244 g/mol. The van der Waals surface area contributed by atoms with E-state index in [4.69, 9.17) is 4.74 Å². The first-order valence-electron chi connectivity index (χ1n) is 6.02. The van der Waals surface area contributed by atoms with Gasteiger partial charge in [0.2, 0.25) is 5.91 Å². The van der Waals surface area contributed by atoms with E-state index in [2.05, 4.69) is 20.5 Å². The first-order chi connectivity index (χ1) is 9.28. The van der Waals surface area contributed by atoms with Gasteiger partial charge in [0.25, 0.3) is 0 Å². The molecule has 0 spiro atoms. The van der Waals surface area contributed by atoms with Crippen LogP contribution in [-0.4, -0.2) is 34.7 Å². The van der Waals surface area contributed by atoms with Gasteiger partial charge in [-0.25, -0.2) is 4.98 Å². The number of aromatic nitrogens is 3. The second-order valence-corrected chi connectivity index (χ2v) is 4.06. The Morgan fingerprint density at radius 2 is 2.37 bits per heavy atom. The Bertz CT molecular complexity index is 525. The fourth-order valence-electron chi connectivity index (χ4n) is 1.70. The zero-order chi connectivity index (χ0) is 13.5. The topological polar surface area (TPSA) is 79.9 Å². The Hall–Kier alpha value is -2.37. The highest BCUT2D eigenvalue weighted by molar-refractivity contribution is 5.78. The van der Waals surface area contributed by atoms with Crippen LogP contribution < -0.4 is 10.1 Å². The van der Waals surface area contributed by atoms with E-state index in [1.165, 1.54) is 6.33 Å². The van der Waals surface area contributed by atoms with Gasteiger partial charge >= 0.3 is 0 Å². The minimum atomic E-state index is -0.0206. The van der Waals surface area contributed by atoms with Crippen LogP contribution in [0.2, 0.25) is 0 Å². The van der Waals surface area contributed by atoms with Crippen molar-refractivity contribution < 1.29 is 9.53 Å². The quantitative estimate of drug-likeness (QED) is 0.802. The number of ether oxygens (including phenoxy) is 1. The highest BCUT2D eigenvalue weighted by Crippen LogP contribution is 2.12. The molecule has 6 heteroatoms. The van der Waals surface area contributed by atoms with Crippen molar-refractivity contribution in [3.05, 3.63) is 42.0 Å². The predicted molar refractivity (Wildman–Crippen MR) is 69.8 cm³/mol. The molecule has 19 heavy (non-hydrogen) atoms. The van der Waals surface area contributed by atoms with Gasteiger partial charge in [0.05, 0.1) is 13.5 Å². The van der Waals surface area contributed by atoms with Crippen molar-refractivity contribution in [2.24, 2.45) is 0 Å². The molecule has 0 radical (unpaired) electrons. The molecule has 2 aromatic rings. The van der Waals surface area contributed by atoms with Crippen LogP contribution in [-0.2, 0) is 17.6 Å². The van der Waals surface area contributed by atoms with E-state index in [0.29, 0.717) is 19.4 Å². The molecule has 1 heterocycles. The third-order valence-corrected chi connectivity index (χ3v) is 2.65. The van der Waals surface area contributed by atoms with Gasteiger partial charge in [-0.15, -0.1) is 0 Å². The fraction of sp³-hybridized carbons (Fsp3) is 0.308. The van der Waals surface area contributed by atoms with Crippen LogP contribution in [0.15, 0.2) is 30.6 Å².